The predicted molar refractivity (Wildman–Crippen MR) is 67.0 cm³/mol. The van der Waals surface area contributed by atoms with Crippen LogP contribution >= 0.6 is 0 Å². The first-order valence-corrected chi connectivity index (χ1v) is 5.63. The van der Waals surface area contributed by atoms with Crippen LogP contribution in [0, 0.1) is 0 Å². The van der Waals surface area contributed by atoms with Gasteiger partial charge >= 0.3 is 0 Å². The second kappa shape index (κ2) is 6.15. The number of rotatable bonds is 5. The molecule has 1 aromatic heterocycles. The summed E-state index contributed by atoms with van der Waals surface area (Å²) in [6.07, 6.45) is 0. The maximum Gasteiger partial charge on any atom is 0.271 e. The Morgan fingerprint density at radius 2 is 2.24 bits per heavy atom. The standard InChI is InChI=1S/C11H19N5O/c1-4-13-11(17)9-5-6-10(15-14-9)16(3)7-8(2)12/h5-6,8H,4,7,12H2,1-3H3,(H,13,17). The van der Waals surface area contributed by atoms with E-state index in [-0.39, 0.29) is 11.9 Å². The van der Waals surface area contributed by atoms with E-state index in [1.54, 1.807) is 12.1 Å². The fourth-order valence-electron chi connectivity index (χ4n) is 1.43. The van der Waals surface area contributed by atoms with Crippen molar-refractivity contribution in [3.63, 3.8) is 0 Å². The molecule has 1 aromatic rings. The van der Waals surface area contributed by atoms with Gasteiger partial charge in [0.25, 0.3) is 5.91 Å². The molecule has 1 amide bonds. The Labute approximate surface area is 101 Å². The van der Waals surface area contributed by atoms with E-state index in [0.29, 0.717) is 24.6 Å². The van der Waals surface area contributed by atoms with Crippen molar-refractivity contribution in [1.29, 1.82) is 0 Å². The van der Waals surface area contributed by atoms with Crippen molar-refractivity contribution in [2.24, 2.45) is 5.73 Å². The van der Waals surface area contributed by atoms with Crippen LogP contribution in [0.2, 0.25) is 0 Å². The molecule has 0 saturated heterocycles. The Bertz CT molecular complexity index is 363. The highest BCUT2D eigenvalue weighted by atomic mass is 16.1. The van der Waals surface area contributed by atoms with E-state index in [1.807, 2.05) is 25.8 Å². The largest absolute Gasteiger partial charge is 0.357 e. The minimum Gasteiger partial charge on any atom is -0.357 e. The van der Waals surface area contributed by atoms with E-state index >= 15 is 0 Å². The fraction of sp³-hybridized carbons (Fsp3) is 0.545. The molecule has 0 aliphatic carbocycles. The minimum atomic E-state index is -0.207. The molecule has 1 unspecified atom stereocenters. The maximum absolute atomic E-state index is 11.5. The number of hydrogen-bond donors (Lipinski definition) is 2. The number of carbonyl (C=O) groups excluding carboxylic acids is 1. The zero-order chi connectivity index (χ0) is 12.8. The van der Waals surface area contributed by atoms with Gasteiger partial charge in [-0.2, -0.15) is 0 Å². The van der Waals surface area contributed by atoms with Gasteiger partial charge in [-0.15, -0.1) is 10.2 Å². The van der Waals surface area contributed by atoms with Crippen molar-refractivity contribution in [3.8, 4) is 0 Å². The first kappa shape index (κ1) is 13.4. The van der Waals surface area contributed by atoms with Crippen LogP contribution < -0.4 is 16.0 Å². The molecule has 0 radical (unpaired) electrons. The van der Waals surface area contributed by atoms with Crippen molar-refractivity contribution in [1.82, 2.24) is 15.5 Å². The number of carbonyl (C=O) groups is 1. The average Bonchev–Trinajstić information content (AvgIpc) is 2.28. The lowest BCUT2D eigenvalue weighted by Gasteiger charge is -2.19. The molecule has 0 aromatic carbocycles. The van der Waals surface area contributed by atoms with E-state index in [1.165, 1.54) is 0 Å². The number of nitrogens with two attached hydrogens (primary N) is 1. The summed E-state index contributed by atoms with van der Waals surface area (Å²) in [6, 6.07) is 3.48. The third kappa shape index (κ3) is 3.99. The van der Waals surface area contributed by atoms with E-state index in [9.17, 15) is 4.79 Å². The molecule has 17 heavy (non-hydrogen) atoms. The molecule has 0 saturated carbocycles. The molecular formula is C11H19N5O. The van der Waals surface area contributed by atoms with Crippen molar-refractivity contribution < 1.29 is 4.79 Å². The summed E-state index contributed by atoms with van der Waals surface area (Å²) in [4.78, 5) is 13.4. The lowest BCUT2D eigenvalue weighted by Crippen LogP contribution is -2.33. The lowest BCUT2D eigenvalue weighted by molar-refractivity contribution is 0.0950. The number of anilines is 1. The van der Waals surface area contributed by atoms with Crippen LogP contribution in [0.5, 0.6) is 0 Å². The smallest absolute Gasteiger partial charge is 0.271 e. The van der Waals surface area contributed by atoms with Crippen LogP contribution in [0.3, 0.4) is 0 Å². The van der Waals surface area contributed by atoms with Crippen LogP contribution in [0.1, 0.15) is 24.3 Å². The van der Waals surface area contributed by atoms with Crippen LogP contribution in [-0.2, 0) is 0 Å². The van der Waals surface area contributed by atoms with Gasteiger partial charge in [0, 0.05) is 26.2 Å². The molecule has 0 spiro atoms. The fourth-order valence-corrected chi connectivity index (χ4v) is 1.43. The number of nitrogens with zero attached hydrogens (tertiary/aromatic N) is 3. The molecule has 0 aliphatic heterocycles. The summed E-state index contributed by atoms with van der Waals surface area (Å²) < 4.78 is 0. The van der Waals surface area contributed by atoms with Crippen molar-refractivity contribution >= 4 is 11.7 Å². The Balaban J connectivity index is 2.70. The van der Waals surface area contributed by atoms with Gasteiger partial charge in [-0.3, -0.25) is 4.79 Å². The van der Waals surface area contributed by atoms with Gasteiger partial charge in [0.1, 0.15) is 0 Å². The summed E-state index contributed by atoms with van der Waals surface area (Å²) >= 11 is 0. The van der Waals surface area contributed by atoms with Crippen LogP contribution in [0.25, 0.3) is 0 Å². The predicted octanol–water partition coefficient (Wildman–Crippen LogP) is 0.00970. The summed E-state index contributed by atoms with van der Waals surface area (Å²) in [5.74, 6) is 0.497. The number of aromatic nitrogens is 2. The molecular weight excluding hydrogens is 218 g/mol. The van der Waals surface area contributed by atoms with Gasteiger partial charge in [-0.25, -0.2) is 0 Å². The van der Waals surface area contributed by atoms with Gasteiger partial charge in [-0.1, -0.05) is 0 Å². The molecule has 94 valence electrons. The maximum atomic E-state index is 11.5. The summed E-state index contributed by atoms with van der Waals surface area (Å²) in [5, 5.41) is 10.5. The number of hydrogen-bond acceptors (Lipinski definition) is 5. The molecule has 1 heterocycles. The van der Waals surface area contributed by atoms with Crippen molar-refractivity contribution in [2.45, 2.75) is 19.9 Å². The van der Waals surface area contributed by atoms with Gasteiger partial charge in [0.2, 0.25) is 0 Å². The second-order valence-electron chi connectivity index (χ2n) is 3.99. The van der Waals surface area contributed by atoms with Gasteiger partial charge in [0.15, 0.2) is 11.5 Å². The van der Waals surface area contributed by atoms with Crippen LogP contribution in [0.15, 0.2) is 12.1 Å². The Morgan fingerprint density at radius 1 is 1.53 bits per heavy atom. The Hall–Kier alpha value is -1.69. The quantitative estimate of drug-likeness (QED) is 0.753. The zero-order valence-electron chi connectivity index (χ0n) is 10.5. The van der Waals surface area contributed by atoms with Crippen LogP contribution in [-0.4, -0.2) is 42.3 Å². The normalized spacial score (nSPS) is 12.0. The summed E-state index contributed by atoms with van der Waals surface area (Å²) in [6.45, 7) is 5.05. The summed E-state index contributed by atoms with van der Waals surface area (Å²) in [5.41, 5.74) is 6.02. The zero-order valence-corrected chi connectivity index (χ0v) is 10.5. The highest BCUT2D eigenvalue weighted by molar-refractivity contribution is 5.92. The number of likely N-dealkylation sites (N-methyl/N-ethyl adjacent to an activating group) is 1. The Kier molecular flexibility index (Phi) is 4.84. The van der Waals surface area contributed by atoms with Gasteiger partial charge in [0.05, 0.1) is 0 Å². The molecule has 3 N–H and O–H groups in total. The molecule has 1 rings (SSSR count). The van der Waals surface area contributed by atoms with E-state index in [0.717, 1.165) is 0 Å². The SMILES string of the molecule is CCNC(=O)c1ccc(N(C)CC(C)N)nn1. The minimum absolute atomic E-state index is 0.0601. The van der Waals surface area contributed by atoms with Crippen molar-refractivity contribution in [2.75, 3.05) is 25.0 Å². The highest BCUT2D eigenvalue weighted by Gasteiger charge is 2.09. The number of amides is 1. The third-order valence-electron chi connectivity index (χ3n) is 2.17. The Morgan fingerprint density at radius 3 is 2.71 bits per heavy atom. The highest BCUT2D eigenvalue weighted by Crippen LogP contribution is 2.07. The first-order valence-electron chi connectivity index (χ1n) is 5.63. The molecule has 6 heteroatoms. The number of nitrogens with one attached hydrogen (secondary N) is 1. The van der Waals surface area contributed by atoms with Gasteiger partial charge < -0.3 is 16.0 Å². The molecule has 0 fully saturated rings. The monoisotopic (exact) mass is 237 g/mol. The van der Waals surface area contributed by atoms with Crippen LogP contribution in [0.4, 0.5) is 5.82 Å². The van der Waals surface area contributed by atoms with Crippen molar-refractivity contribution in [3.05, 3.63) is 17.8 Å². The molecule has 0 aliphatic rings. The molecule has 1 atom stereocenters. The lowest BCUT2D eigenvalue weighted by atomic mass is 10.3. The van der Waals surface area contributed by atoms with E-state index in [2.05, 4.69) is 15.5 Å². The summed E-state index contributed by atoms with van der Waals surface area (Å²) in [7, 11) is 1.89. The van der Waals surface area contributed by atoms with Gasteiger partial charge in [-0.05, 0) is 26.0 Å². The molecule has 0 bridgehead atoms. The first-order chi connectivity index (χ1) is 8.04. The second-order valence-corrected chi connectivity index (χ2v) is 3.99. The average molecular weight is 237 g/mol. The van der Waals surface area contributed by atoms with E-state index in [4.69, 9.17) is 5.73 Å². The van der Waals surface area contributed by atoms with E-state index < -0.39 is 0 Å². The third-order valence-corrected chi connectivity index (χ3v) is 2.17. The molecule has 6 nitrogen and oxygen atoms in total. The topological polar surface area (TPSA) is 84.1 Å².